The number of anilines is 1. The van der Waals surface area contributed by atoms with Gasteiger partial charge in [0, 0.05) is 24.0 Å². The lowest BCUT2D eigenvalue weighted by atomic mass is 9.83. The summed E-state index contributed by atoms with van der Waals surface area (Å²) in [6, 6.07) is 8.23. The van der Waals surface area contributed by atoms with Crippen LogP contribution in [0.4, 0.5) is 5.82 Å². The first-order chi connectivity index (χ1) is 13.2. The predicted molar refractivity (Wildman–Crippen MR) is 104 cm³/mol. The molecule has 140 valence electrons. The lowest BCUT2D eigenvalue weighted by Gasteiger charge is -2.28. The molecule has 1 saturated heterocycles. The van der Waals surface area contributed by atoms with Crippen molar-refractivity contribution in [2.45, 2.75) is 43.6 Å². The van der Waals surface area contributed by atoms with Gasteiger partial charge in [0.1, 0.15) is 12.1 Å². The lowest BCUT2D eigenvalue weighted by molar-refractivity contribution is -0.127. The third-order valence-corrected chi connectivity index (χ3v) is 6.95. The fourth-order valence-corrected chi connectivity index (χ4v) is 5.39. The molecule has 0 radical (unpaired) electrons. The smallest absolute Gasteiger partial charge is 0.231 e. The Hall–Kier alpha value is -2.48. The zero-order chi connectivity index (χ0) is 18.3. The van der Waals surface area contributed by atoms with Crippen LogP contribution in [0.5, 0.6) is 0 Å². The summed E-state index contributed by atoms with van der Waals surface area (Å²) >= 11 is 1.71. The van der Waals surface area contributed by atoms with E-state index in [1.54, 1.807) is 22.2 Å². The fourth-order valence-electron chi connectivity index (χ4n) is 4.41. The maximum atomic E-state index is 13.2. The van der Waals surface area contributed by atoms with Crippen LogP contribution in [0.3, 0.4) is 0 Å². The van der Waals surface area contributed by atoms with Crippen molar-refractivity contribution in [2.75, 3.05) is 18.0 Å². The van der Waals surface area contributed by atoms with Crippen molar-refractivity contribution in [2.24, 2.45) is 0 Å². The van der Waals surface area contributed by atoms with Gasteiger partial charge in [0.2, 0.25) is 5.91 Å². The quantitative estimate of drug-likeness (QED) is 0.750. The Bertz CT molecular complexity index is 946. The first kappa shape index (κ1) is 16.7. The highest BCUT2D eigenvalue weighted by Gasteiger charge is 2.44. The first-order valence-electron chi connectivity index (χ1n) is 9.52. The van der Waals surface area contributed by atoms with Gasteiger partial charge in [0.05, 0.1) is 5.41 Å². The highest BCUT2D eigenvalue weighted by atomic mass is 32.1. The summed E-state index contributed by atoms with van der Waals surface area (Å²) in [5.41, 5.74) is 0.420. The Morgan fingerprint density at radius 2 is 2.15 bits per heavy atom. The Kier molecular flexibility index (Phi) is 4.07. The number of carbonyl (C=O) groups excluding carboxylic acids is 1. The zero-order valence-corrected chi connectivity index (χ0v) is 15.9. The molecule has 0 bridgehead atoms. The number of amides is 1. The van der Waals surface area contributed by atoms with Crippen LogP contribution in [0, 0.1) is 0 Å². The molecule has 1 aliphatic carbocycles. The number of carbonyl (C=O) groups is 1. The summed E-state index contributed by atoms with van der Waals surface area (Å²) < 4.78 is 1.69. The van der Waals surface area contributed by atoms with Gasteiger partial charge in [-0.1, -0.05) is 18.9 Å². The largest absolute Gasteiger partial charge is 0.353 e. The number of thiophene rings is 1. The van der Waals surface area contributed by atoms with Crippen molar-refractivity contribution in [1.29, 1.82) is 0 Å². The minimum Gasteiger partial charge on any atom is -0.353 e. The van der Waals surface area contributed by atoms with Crippen LogP contribution < -0.4 is 10.2 Å². The Labute approximate surface area is 161 Å². The normalized spacial score (nSPS) is 21.8. The van der Waals surface area contributed by atoms with Crippen molar-refractivity contribution in [1.82, 2.24) is 25.1 Å². The van der Waals surface area contributed by atoms with Crippen molar-refractivity contribution < 1.29 is 4.79 Å². The van der Waals surface area contributed by atoms with Gasteiger partial charge in [-0.05, 0) is 42.8 Å². The number of hydrogen-bond donors (Lipinski definition) is 1. The molecule has 1 N–H and O–H groups in total. The second kappa shape index (κ2) is 6.60. The second-order valence-electron chi connectivity index (χ2n) is 7.50. The van der Waals surface area contributed by atoms with Crippen molar-refractivity contribution in [3.8, 4) is 0 Å². The van der Waals surface area contributed by atoms with Crippen molar-refractivity contribution >= 4 is 28.7 Å². The molecule has 0 aromatic carbocycles. The number of fused-ring (bicyclic) bond motifs is 1. The van der Waals surface area contributed by atoms with Gasteiger partial charge in [-0.15, -0.1) is 26.6 Å². The highest BCUT2D eigenvalue weighted by molar-refractivity contribution is 7.10. The average molecular weight is 382 g/mol. The standard InChI is InChI=1S/C19H22N6OS/c26-18(19(8-1-2-9-19)15-4-3-11-27-15)21-14-7-10-24(12-14)17-6-5-16-22-20-13-25(16)23-17/h3-6,11,13-14H,1-2,7-10,12H2,(H,21,26). The molecule has 5 rings (SSSR count). The van der Waals surface area contributed by atoms with Gasteiger partial charge in [0.15, 0.2) is 5.65 Å². The monoisotopic (exact) mass is 382 g/mol. The molecular weight excluding hydrogens is 360 g/mol. The van der Waals surface area contributed by atoms with E-state index in [9.17, 15) is 4.79 Å². The van der Waals surface area contributed by atoms with E-state index < -0.39 is 0 Å². The van der Waals surface area contributed by atoms with Crippen LogP contribution in [0.1, 0.15) is 37.0 Å². The molecule has 2 aliphatic rings. The summed E-state index contributed by atoms with van der Waals surface area (Å²) in [6.45, 7) is 1.67. The SMILES string of the molecule is O=C(NC1CCN(c2ccc3nncn3n2)C1)C1(c2cccs2)CCCC1. The topological polar surface area (TPSA) is 75.4 Å². The summed E-state index contributed by atoms with van der Waals surface area (Å²) in [5.74, 6) is 1.10. The van der Waals surface area contributed by atoms with Gasteiger partial charge < -0.3 is 10.2 Å². The molecule has 3 aromatic heterocycles. The molecule has 8 heteroatoms. The van der Waals surface area contributed by atoms with Crippen LogP contribution in [-0.4, -0.2) is 44.8 Å². The maximum Gasteiger partial charge on any atom is 0.231 e. The van der Waals surface area contributed by atoms with E-state index in [0.717, 1.165) is 56.7 Å². The lowest BCUT2D eigenvalue weighted by Crippen LogP contribution is -2.47. The molecule has 27 heavy (non-hydrogen) atoms. The van der Waals surface area contributed by atoms with Crippen LogP contribution >= 0.6 is 11.3 Å². The summed E-state index contributed by atoms with van der Waals surface area (Å²) in [4.78, 5) is 16.7. The number of nitrogens with one attached hydrogen (secondary N) is 1. The van der Waals surface area contributed by atoms with Crippen molar-refractivity contribution in [3.05, 3.63) is 40.8 Å². The molecular formula is C19H22N6OS. The maximum absolute atomic E-state index is 13.2. The molecule has 0 spiro atoms. The van der Waals surface area contributed by atoms with E-state index in [4.69, 9.17) is 0 Å². The number of rotatable bonds is 4. The molecule has 2 fully saturated rings. The number of aromatic nitrogens is 4. The van der Waals surface area contributed by atoms with Crippen LogP contribution in [-0.2, 0) is 10.2 Å². The summed E-state index contributed by atoms with van der Waals surface area (Å²) in [5, 5.41) is 17.9. The van der Waals surface area contributed by atoms with E-state index in [0.29, 0.717) is 0 Å². The summed E-state index contributed by atoms with van der Waals surface area (Å²) in [6.07, 6.45) is 6.73. The van der Waals surface area contributed by atoms with Crippen molar-refractivity contribution in [3.63, 3.8) is 0 Å². The molecule has 1 atom stereocenters. The first-order valence-corrected chi connectivity index (χ1v) is 10.4. The molecule has 7 nitrogen and oxygen atoms in total. The fraction of sp³-hybridized carbons (Fsp3) is 0.474. The van der Waals surface area contributed by atoms with E-state index in [2.05, 4.69) is 43.0 Å². The molecule has 1 aliphatic heterocycles. The van der Waals surface area contributed by atoms with Gasteiger partial charge in [-0.2, -0.15) is 4.52 Å². The van der Waals surface area contributed by atoms with E-state index in [-0.39, 0.29) is 17.4 Å². The van der Waals surface area contributed by atoms with Gasteiger partial charge >= 0.3 is 0 Å². The zero-order valence-electron chi connectivity index (χ0n) is 15.0. The molecule has 1 saturated carbocycles. The van der Waals surface area contributed by atoms with E-state index >= 15 is 0 Å². The molecule has 1 unspecified atom stereocenters. The summed E-state index contributed by atoms with van der Waals surface area (Å²) in [7, 11) is 0. The van der Waals surface area contributed by atoms with Gasteiger partial charge in [-0.3, -0.25) is 4.79 Å². The third kappa shape index (κ3) is 2.88. The Morgan fingerprint density at radius 1 is 1.26 bits per heavy atom. The van der Waals surface area contributed by atoms with E-state index in [1.165, 1.54) is 4.88 Å². The van der Waals surface area contributed by atoms with Crippen LogP contribution in [0.2, 0.25) is 0 Å². The van der Waals surface area contributed by atoms with Crippen LogP contribution in [0.15, 0.2) is 36.0 Å². The van der Waals surface area contributed by atoms with Gasteiger partial charge in [0.25, 0.3) is 0 Å². The molecule has 1 amide bonds. The minimum absolute atomic E-state index is 0.161. The van der Waals surface area contributed by atoms with Crippen LogP contribution in [0.25, 0.3) is 5.65 Å². The highest BCUT2D eigenvalue weighted by Crippen LogP contribution is 2.43. The Morgan fingerprint density at radius 3 is 2.96 bits per heavy atom. The Balaban J connectivity index is 1.29. The van der Waals surface area contributed by atoms with E-state index in [1.807, 2.05) is 12.1 Å². The molecule has 3 aromatic rings. The number of hydrogen-bond acceptors (Lipinski definition) is 6. The number of nitrogens with zero attached hydrogens (tertiary/aromatic N) is 5. The third-order valence-electron chi connectivity index (χ3n) is 5.88. The second-order valence-corrected chi connectivity index (χ2v) is 8.44. The minimum atomic E-state index is -0.318. The van der Waals surface area contributed by atoms with Gasteiger partial charge in [-0.25, -0.2) is 0 Å². The predicted octanol–water partition coefficient (Wildman–Crippen LogP) is 2.39. The molecule has 4 heterocycles. The average Bonchev–Trinajstić information content (AvgIpc) is 3.48.